The third kappa shape index (κ3) is 4.09. The molecule has 1 aromatic carbocycles. The molecule has 0 saturated heterocycles. The van der Waals surface area contributed by atoms with E-state index in [9.17, 15) is 4.79 Å². The van der Waals surface area contributed by atoms with Gasteiger partial charge in [-0.15, -0.1) is 0 Å². The Balaban J connectivity index is 1.68. The van der Waals surface area contributed by atoms with Crippen LogP contribution in [-0.2, 0) is 13.1 Å². The van der Waals surface area contributed by atoms with Gasteiger partial charge >= 0.3 is 5.69 Å². The molecule has 0 amide bonds. The lowest BCUT2D eigenvalue weighted by molar-refractivity contribution is 0.414. The molecule has 0 fully saturated rings. The number of methoxy groups -OCH3 is 1. The van der Waals surface area contributed by atoms with Crippen molar-refractivity contribution in [3.63, 3.8) is 0 Å². The van der Waals surface area contributed by atoms with Crippen LogP contribution in [0.15, 0.2) is 58.6 Å². The molecule has 3 aromatic heterocycles. The minimum Gasteiger partial charge on any atom is -0.497 e. The van der Waals surface area contributed by atoms with Gasteiger partial charge in [-0.1, -0.05) is 30.0 Å². The van der Waals surface area contributed by atoms with E-state index in [1.807, 2.05) is 48.7 Å². The minimum absolute atomic E-state index is 0.245. The molecule has 4 rings (SSSR count). The predicted molar refractivity (Wildman–Crippen MR) is 114 cm³/mol. The fraction of sp³-hybridized carbons (Fsp3) is 0.200. The maximum absolute atomic E-state index is 12.6. The third-order valence-electron chi connectivity index (χ3n) is 4.45. The number of anilines is 1. The molecule has 4 aromatic rings. The first-order valence-electron chi connectivity index (χ1n) is 8.99. The van der Waals surface area contributed by atoms with Crippen LogP contribution in [-0.4, -0.2) is 37.9 Å². The van der Waals surface area contributed by atoms with Crippen LogP contribution < -0.4 is 15.7 Å². The van der Waals surface area contributed by atoms with Gasteiger partial charge in [-0.25, -0.2) is 14.8 Å². The molecule has 0 atom stereocenters. The van der Waals surface area contributed by atoms with Gasteiger partial charge in [0.2, 0.25) is 0 Å². The zero-order valence-electron chi connectivity index (χ0n) is 16.0. The minimum atomic E-state index is -0.245. The van der Waals surface area contributed by atoms with Crippen LogP contribution in [0.2, 0.25) is 0 Å². The molecule has 0 spiro atoms. The van der Waals surface area contributed by atoms with Crippen LogP contribution in [0.4, 0.5) is 5.82 Å². The summed E-state index contributed by atoms with van der Waals surface area (Å²) in [5.74, 6) is 1.39. The number of aromatic amines is 1. The van der Waals surface area contributed by atoms with Crippen molar-refractivity contribution in [2.45, 2.75) is 18.2 Å². The topological polar surface area (TPSA) is 97.7 Å². The van der Waals surface area contributed by atoms with Gasteiger partial charge in [0.15, 0.2) is 16.6 Å². The normalized spacial score (nSPS) is 11.0. The zero-order valence-corrected chi connectivity index (χ0v) is 16.9. The van der Waals surface area contributed by atoms with Crippen molar-refractivity contribution < 1.29 is 4.74 Å². The van der Waals surface area contributed by atoms with Crippen LogP contribution >= 0.6 is 11.8 Å². The summed E-state index contributed by atoms with van der Waals surface area (Å²) in [6.45, 7) is 0.889. The van der Waals surface area contributed by atoms with E-state index < -0.39 is 0 Å². The lowest BCUT2D eigenvalue weighted by Crippen LogP contribution is -2.18. The largest absolute Gasteiger partial charge is 0.497 e. The van der Waals surface area contributed by atoms with E-state index in [1.165, 1.54) is 11.8 Å². The summed E-state index contributed by atoms with van der Waals surface area (Å²) in [6, 6.07) is 13.4. The molecule has 148 valence electrons. The Kier molecular flexibility index (Phi) is 5.48. The van der Waals surface area contributed by atoms with E-state index in [4.69, 9.17) is 4.74 Å². The standard InChI is InChI=1S/C20H20N6O2S/c1-28-15-8-6-13(7-9-15)11-22-17-16-18(25-19(24-17)29-2)26(20(27)23-16)12-14-5-3-4-10-21-14/h3-10H,11-12H2,1-2H3,(H,23,27)(H,22,24,25). The summed E-state index contributed by atoms with van der Waals surface area (Å²) in [5.41, 5.74) is 2.74. The number of thioether (sulfide) groups is 1. The molecule has 0 aliphatic heterocycles. The smallest absolute Gasteiger partial charge is 0.328 e. The van der Waals surface area contributed by atoms with E-state index in [0.717, 1.165) is 17.0 Å². The number of hydrogen-bond acceptors (Lipinski definition) is 7. The number of pyridine rings is 1. The Morgan fingerprint density at radius 1 is 1.17 bits per heavy atom. The highest BCUT2D eigenvalue weighted by atomic mass is 32.2. The Morgan fingerprint density at radius 3 is 2.69 bits per heavy atom. The van der Waals surface area contributed by atoms with Crippen LogP contribution in [0, 0.1) is 0 Å². The van der Waals surface area contributed by atoms with Crippen LogP contribution in [0.5, 0.6) is 5.75 Å². The van der Waals surface area contributed by atoms with Crippen molar-refractivity contribution in [3.05, 3.63) is 70.4 Å². The van der Waals surface area contributed by atoms with E-state index in [2.05, 4.69) is 25.3 Å². The lowest BCUT2D eigenvalue weighted by Gasteiger charge is -2.09. The number of benzene rings is 1. The number of rotatable bonds is 7. The van der Waals surface area contributed by atoms with Crippen LogP contribution in [0.25, 0.3) is 11.2 Å². The summed E-state index contributed by atoms with van der Waals surface area (Å²) in [7, 11) is 1.64. The van der Waals surface area contributed by atoms with Gasteiger partial charge in [-0.2, -0.15) is 0 Å². The number of imidazole rings is 1. The van der Waals surface area contributed by atoms with E-state index in [0.29, 0.717) is 35.2 Å². The van der Waals surface area contributed by atoms with Crippen molar-refractivity contribution in [2.75, 3.05) is 18.7 Å². The number of ether oxygens (including phenoxy) is 1. The molecule has 8 nitrogen and oxygen atoms in total. The van der Waals surface area contributed by atoms with Crippen molar-refractivity contribution in [2.24, 2.45) is 0 Å². The van der Waals surface area contributed by atoms with Gasteiger partial charge in [0.05, 0.1) is 19.3 Å². The Morgan fingerprint density at radius 2 is 2.00 bits per heavy atom. The van der Waals surface area contributed by atoms with Crippen LogP contribution in [0.1, 0.15) is 11.3 Å². The third-order valence-corrected chi connectivity index (χ3v) is 5.00. The maximum Gasteiger partial charge on any atom is 0.328 e. The molecule has 0 saturated carbocycles. The van der Waals surface area contributed by atoms with Crippen LogP contribution in [0.3, 0.4) is 0 Å². The predicted octanol–water partition coefficient (Wildman–Crippen LogP) is 2.91. The average molecular weight is 408 g/mol. The quantitative estimate of drug-likeness (QED) is 0.358. The second kappa shape index (κ2) is 8.36. The zero-order chi connectivity index (χ0) is 20.2. The molecule has 29 heavy (non-hydrogen) atoms. The fourth-order valence-corrected chi connectivity index (χ4v) is 3.32. The van der Waals surface area contributed by atoms with Gasteiger partial charge < -0.3 is 15.0 Å². The second-order valence-corrected chi connectivity index (χ2v) is 7.07. The summed E-state index contributed by atoms with van der Waals surface area (Å²) in [5, 5.41) is 3.90. The first-order valence-corrected chi connectivity index (χ1v) is 10.2. The molecule has 0 unspecified atom stereocenters. The highest BCUT2D eigenvalue weighted by molar-refractivity contribution is 7.98. The molecule has 9 heteroatoms. The highest BCUT2D eigenvalue weighted by Gasteiger charge is 2.16. The van der Waals surface area contributed by atoms with Crippen molar-refractivity contribution in [1.82, 2.24) is 24.5 Å². The first-order chi connectivity index (χ1) is 14.2. The van der Waals surface area contributed by atoms with E-state index in [-0.39, 0.29) is 5.69 Å². The molecule has 3 heterocycles. The SMILES string of the molecule is COc1ccc(CNc2nc(SC)nc3c2[nH]c(=O)n3Cc2ccccn2)cc1. The Bertz CT molecular complexity index is 1170. The lowest BCUT2D eigenvalue weighted by atomic mass is 10.2. The fourth-order valence-electron chi connectivity index (χ4n) is 2.96. The molecule has 2 N–H and O–H groups in total. The summed E-state index contributed by atoms with van der Waals surface area (Å²) in [6.07, 6.45) is 3.61. The van der Waals surface area contributed by atoms with Gasteiger partial charge in [-0.05, 0) is 36.1 Å². The summed E-state index contributed by atoms with van der Waals surface area (Å²) < 4.78 is 6.77. The van der Waals surface area contributed by atoms with Crippen molar-refractivity contribution >= 4 is 28.7 Å². The van der Waals surface area contributed by atoms with Gasteiger partial charge in [0, 0.05) is 12.7 Å². The highest BCUT2D eigenvalue weighted by Crippen LogP contribution is 2.22. The molecule has 0 aliphatic rings. The molecule has 0 bridgehead atoms. The molecular formula is C20H20N6O2S. The number of nitrogens with one attached hydrogen (secondary N) is 2. The summed E-state index contributed by atoms with van der Waals surface area (Å²) >= 11 is 1.43. The second-order valence-electron chi connectivity index (χ2n) is 6.30. The van der Waals surface area contributed by atoms with Gasteiger partial charge in [-0.3, -0.25) is 9.55 Å². The Labute approximate surface area is 171 Å². The van der Waals surface area contributed by atoms with Gasteiger partial charge in [0.1, 0.15) is 11.3 Å². The van der Waals surface area contributed by atoms with E-state index in [1.54, 1.807) is 17.9 Å². The number of aromatic nitrogens is 5. The van der Waals surface area contributed by atoms with Crippen molar-refractivity contribution in [1.29, 1.82) is 0 Å². The number of hydrogen-bond donors (Lipinski definition) is 2. The summed E-state index contributed by atoms with van der Waals surface area (Å²) in [4.78, 5) is 28.9. The number of H-pyrrole nitrogens is 1. The average Bonchev–Trinajstić information content (AvgIpc) is 3.08. The van der Waals surface area contributed by atoms with Crippen molar-refractivity contribution in [3.8, 4) is 5.75 Å². The first kappa shape index (κ1) is 19.0. The number of fused-ring (bicyclic) bond motifs is 1. The number of nitrogens with zero attached hydrogens (tertiary/aromatic N) is 4. The maximum atomic E-state index is 12.6. The monoisotopic (exact) mass is 408 g/mol. The van der Waals surface area contributed by atoms with Gasteiger partial charge in [0.25, 0.3) is 0 Å². The molecule has 0 radical (unpaired) electrons. The molecular weight excluding hydrogens is 388 g/mol. The molecule has 0 aliphatic carbocycles. The van der Waals surface area contributed by atoms with E-state index >= 15 is 0 Å². The Hall–Kier alpha value is -3.33.